The van der Waals surface area contributed by atoms with Crippen molar-refractivity contribution in [3.8, 4) is 11.8 Å². The first-order chi connectivity index (χ1) is 13.0. The van der Waals surface area contributed by atoms with Crippen molar-refractivity contribution in [2.75, 3.05) is 13.7 Å². The van der Waals surface area contributed by atoms with Gasteiger partial charge in [-0.1, -0.05) is 38.2 Å². The van der Waals surface area contributed by atoms with Gasteiger partial charge in [0.1, 0.15) is 0 Å². The minimum atomic E-state index is -0.553. The number of amides is 1. The number of hydrogen-bond acceptors (Lipinski definition) is 4. The van der Waals surface area contributed by atoms with Crippen LogP contribution in [0.25, 0.3) is 0 Å². The Morgan fingerprint density at radius 2 is 2.19 bits per heavy atom. The van der Waals surface area contributed by atoms with Crippen LogP contribution in [0.1, 0.15) is 58.8 Å². The van der Waals surface area contributed by atoms with E-state index < -0.39 is 6.10 Å². The SMILES string of the molecule is CCC#CC[C@H](C)[C@H](O)/C=C/[C@H]1CCC(=O)N1C/C=C/CCCC(=O)OC. The van der Waals surface area contributed by atoms with E-state index >= 15 is 0 Å². The first kappa shape index (κ1) is 23.0. The number of hydrogen-bond donors (Lipinski definition) is 1. The maximum atomic E-state index is 12.1. The van der Waals surface area contributed by atoms with Crippen LogP contribution >= 0.6 is 0 Å². The van der Waals surface area contributed by atoms with E-state index in [1.807, 2.05) is 37.0 Å². The highest BCUT2D eigenvalue weighted by Gasteiger charge is 2.28. The van der Waals surface area contributed by atoms with E-state index in [1.54, 1.807) is 6.08 Å². The van der Waals surface area contributed by atoms with Gasteiger partial charge in [0.05, 0.1) is 19.3 Å². The maximum absolute atomic E-state index is 12.1. The van der Waals surface area contributed by atoms with Gasteiger partial charge in [-0.2, -0.15) is 0 Å². The second-order valence-corrected chi connectivity index (χ2v) is 6.86. The Bertz CT molecular complexity index is 585. The lowest BCUT2D eigenvalue weighted by atomic mass is 10.00. The summed E-state index contributed by atoms with van der Waals surface area (Å²) in [6.45, 7) is 4.54. The molecule has 0 aromatic heterocycles. The third-order valence-electron chi connectivity index (χ3n) is 4.66. The molecule has 1 heterocycles. The Kier molecular flexibility index (Phi) is 11.2. The number of carbonyl (C=O) groups excluding carboxylic acids is 2. The molecular weight excluding hydrogens is 342 g/mol. The summed E-state index contributed by atoms with van der Waals surface area (Å²) in [4.78, 5) is 25.0. The molecule has 1 aliphatic heterocycles. The topological polar surface area (TPSA) is 66.8 Å². The Morgan fingerprint density at radius 3 is 2.89 bits per heavy atom. The molecule has 0 unspecified atom stereocenters. The van der Waals surface area contributed by atoms with Gasteiger partial charge in [0.15, 0.2) is 0 Å². The van der Waals surface area contributed by atoms with Crippen LogP contribution < -0.4 is 0 Å². The van der Waals surface area contributed by atoms with Crippen LogP contribution in [0.5, 0.6) is 0 Å². The van der Waals surface area contributed by atoms with E-state index in [1.165, 1.54) is 7.11 Å². The molecule has 0 aromatic rings. The quantitative estimate of drug-likeness (QED) is 0.275. The molecule has 0 aliphatic carbocycles. The van der Waals surface area contributed by atoms with Crippen molar-refractivity contribution in [1.82, 2.24) is 4.90 Å². The van der Waals surface area contributed by atoms with E-state index in [9.17, 15) is 14.7 Å². The molecule has 27 heavy (non-hydrogen) atoms. The lowest BCUT2D eigenvalue weighted by molar-refractivity contribution is -0.140. The Hall–Kier alpha value is -2.06. The summed E-state index contributed by atoms with van der Waals surface area (Å²) in [6.07, 6.45) is 11.9. The average molecular weight is 376 g/mol. The number of allylic oxidation sites excluding steroid dienone is 1. The third-order valence-corrected chi connectivity index (χ3v) is 4.66. The van der Waals surface area contributed by atoms with Crippen LogP contribution in [-0.4, -0.2) is 47.7 Å². The zero-order chi connectivity index (χ0) is 20.1. The number of aliphatic hydroxyl groups excluding tert-OH is 1. The van der Waals surface area contributed by atoms with Crippen LogP contribution in [0, 0.1) is 17.8 Å². The predicted molar refractivity (Wildman–Crippen MR) is 107 cm³/mol. The van der Waals surface area contributed by atoms with Gasteiger partial charge in [-0.25, -0.2) is 0 Å². The predicted octanol–water partition coefficient (Wildman–Crippen LogP) is 3.23. The van der Waals surface area contributed by atoms with E-state index in [4.69, 9.17) is 0 Å². The molecule has 5 heteroatoms. The molecule has 1 aliphatic rings. The summed E-state index contributed by atoms with van der Waals surface area (Å²) in [7, 11) is 1.39. The second kappa shape index (κ2) is 13.2. The molecule has 1 saturated heterocycles. The van der Waals surface area contributed by atoms with Crippen molar-refractivity contribution in [2.45, 2.75) is 70.9 Å². The van der Waals surface area contributed by atoms with Gasteiger partial charge in [0.2, 0.25) is 5.91 Å². The summed E-state index contributed by atoms with van der Waals surface area (Å²) in [6, 6.07) is 0.0285. The molecule has 1 fully saturated rings. The minimum Gasteiger partial charge on any atom is -0.469 e. The number of likely N-dealkylation sites (tertiary alicyclic amines) is 1. The number of nitrogens with zero attached hydrogens (tertiary/aromatic N) is 1. The van der Waals surface area contributed by atoms with E-state index in [0.29, 0.717) is 25.8 Å². The normalized spacial score (nSPS) is 19.3. The third kappa shape index (κ3) is 8.92. The molecule has 5 nitrogen and oxygen atoms in total. The lowest BCUT2D eigenvalue weighted by Crippen LogP contribution is -2.32. The fraction of sp³-hybridized carbons (Fsp3) is 0.636. The molecule has 1 amide bonds. The fourth-order valence-corrected chi connectivity index (χ4v) is 2.88. The van der Waals surface area contributed by atoms with Crippen molar-refractivity contribution >= 4 is 11.9 Å². The van der Waals surface area contributed by atoms with Crippen LogP contribution in [0.15, 0.2) is 24.3 Å². The van der Waals surface area contributed by atoms with Crippen LogP contribution in [0.3, 0.4) is 0 Å². The smallest absolute Gasteiger partial charge is 0.305 e. The van der Waals surface area contributed by atoms with E-state index in [2.05, 4.69) is 16.6 Å². The second-order valence-electron chi connectivity index (χ2n) is 6.86. The molecule has 1 rings (SSSR count). The molecular formula is C22H33NO4. The number of carbonyl (C=O) groups is 2. The zero-order valence-corrected chi connectivity index (χ0v) is 16.8. The van der Waals surface area contributed by atoms with E-state index in [0.717, 1.165) is 25.7 Å². The van der Waals surface area contributed by atoms with Crippen molar-refractivity contribution in [2.24, 2.45) is 5.92 Å². The molecule has 0 saturated carbocycles. The Morgan fingerprint density at radius 1 is 1.41 bits per heavy atom. The van der Waals surface area contributed by atoms with Crippen molar-refractivity contribution < 1.29 is 19.4 Å². The van der Waals surface area contributed by atoms with Gasteiger partial charge < -0.3 is 14.7 Å². The average Bonchev–Trinajstić information content (AvgIpc) is 3.02. The van der Waals surface area contributed by atoms with Gasteiger partial charge >= 0.3 is 5.97 Å². The van der Waals surface area contributed by atoms with Crippen molar-refractivity contribution in [3.05, 3.63) is 24.3 Å². The first-order valence-corrected chi connectivity index (χ1v) is 9.83. The number of methoxy groups -OCH3 is 1. The summed E-state index contributed by atoms with van der Waals surface area (Å²) in [5.74, 6) is 6.10. The molecule has 3 atom stereocenters. The molecule has 0 radical (unpaired) electrons. The highest BCUT2D eigenvalue weighted by atomic mass is 16.5. The summed E-state index contributed by atoms with van der Waals surface area (Å²) in [5, 5.41) is 10.3. The van der Waals surface area contributed by atoms with Gasteiger partial charge in [-0.3, -0.25) is 9.59 Å². The van der Waals surface area contributed by atoms with Gasteiger partial charge in [0, 0.05) is 32.2 Å². The maximum Gasteiger partial charge on any atom is 0.305 e. The molecule has 0 spiro atoms. The summed E-state index contributed by atoms with van der Waals surface area (Å²) in [5.41, 5.74) is 0. The minimum absolute atomic E-state index is 0.0285. The van der Waals surface area contributed by atoms with Crippen molar-refractivity contribution in [1.29, 1.82) is 0 Å². The van der Waals surface area contributed by atoms with Crippen LogP contribution in [0.4, 0.5) is 0 Å². The Balaban J connectivity index is 2.45. The first-order valence-electron chi connectivity index (χ1n) is 9.83. The number of aliphatic hydroxyl groups is 1. The molecule has 0 aromatic carbocycles. The standard InChI is InChI=1S/C22H33NO4/c1-4-5-8-11-18(2)20(24)15-13-19-14-16-21(25)23(19)17-10-7-6-9-12-22(26)27-3/h7,10,13,15,18-20,24H,4,6,9,11-12,14,16-17H2,1-3H3/b10-7+,15-13+/t18-,19-,20+/m0/s1. The highest BCUT2D eigenvalue weighted by Crippen LogP contribution is 2.20. The number of unbranched alkanes of at least 4 members (excludes halogenated alkanes) is 1. The van der Waals surface area contributed by atoms with Crippen LogP contribution in [-0.2, 0) is 14.3 Å². The molecule has 0 bridgehead atoms. The number of ether oxygens (including phenoxy) is 1. The van der Waals surface area contributed by atoms with Gasteiger partial charge in [0.25, 0.3) is 0 Å². The lowest BCUT2D eigenvalue weighted by Gasteiger charge is -2.21. The van der Waals surface area contributed by atoms with E-state index in [-0.39, 0.29) is 23.8 Å². The monoisotopic (exact) mass is 375 g/mol. The molecule has 150 valence electrons. The highest BCUT2D eigenvalue weighted by molar-refractivity contribution is 5.79. The Labute approximate surface area is 163 Å². The number of rotatable bonds is 10. The summed E-state index contributed by atoms with van der Waals surface area (Å²) < 4.78 is 4.61. The largest absolute Gasteiger partial charge is 0.469 e. The van der Waals surface area contributed by atoms with Crippen LogP contribution in [0.2, 0.25) is 0 Å². The van der Waals surface area contributed by atoms with Gasteiger partial charge in [-0.15, -0.1) is 11.8 Å². The fourth-order valence-electron chi connectivity index (χ4n) is 2.88. The molecule has 1 N–H and O–H groups in total. The zero-order valence-electron chi connectivity index (χ0n) is 16.8. The summed E-state index contributed by atoms with van der Waals surface area (Å²) >= 11 is 0. The van der Waals surface area contributed by atoms with Crippen molar-refractivity contribution in [3.63, 3.8) is 0 Å². The number of esters is 1. The van der Waals surface area contributed by atoms with Gasteiger partial charge in [-0.05, 0) is 25.2 Å².